The monoisotopic (exact) mass is 403 g/mol. The topological polar surface area (TPSA) is 118 Å². The van der Waals surface area contributed by atoms with E-state index in [1.807, 2.05) is 19.1 Å². The summed E-state index contributed by atoms with van der Waals surface area (Å²) in [6, 6.07) is 11.7. The van der Waals surface area contributed by atoms with E-state index in [1.165, 1.54) is 25.1 Å². The van der Waals surface area contributed by atoms with E-state index in [-0.39, 0.29) is 18.7 Å². The van der Waals surface area contributed by atoms with Gasteiger partial charge in [0.15, 0.2) is 0 Å². The second kappa shape index (κ2) is 9.25. The Bertz CT molecular complexity index is 999. The molecule has 0 atom stereocenters. The average molecular weight is 403 g/mol. The number of amides is 1. The SMILES string of the molecule is Cc1ccc(/C=C/S(=O)(=O)NCCC(=O)Nc2cccc([N+](=O)[O-])c2C)cc1. The number of rotatable bonds is 8. The van der Waals surface area contributed by atoms with Crippen LogP contribution in [0.15, 0.2) is 47.9 Å². The third-order valence-corrected chi connectivity index (χ3v) is 5.05. The maximum Gasteiger partial charge on any atom is 0.274 e. The second-order valence-corrected chi connectivity index (χ2v) is 7.81. The minimum atomic E-state index is -3.68. The summed E-state index contributed by atoms with van der Waals surface area (Å²) >= 11 is 0. The van der Waals surface area contributed by atoms with Gasteiger partial charge in [-0.1, -0.05) is 35.9 Å². The largest absolute Gasteiger partial charge is 0.326 e. The lowest BCUT2D eigenvalue weighted by atomic mass is 10.1. The molecule has 0 spiro atoms. The van der Waals surface area contributed by atoms with Gasteiger partial charge in [-0.05, 0) is 31.6 Å². The third-order valence-electron chi connectivity index (χ3n) is 3.95. The van der Waals surface area contributed by atoms with E-state index in [9.17, 15) is 23.3 Å². The molecule has 0 aliphatic carbocycles. The van der Waals surface area contributed by atoms with Crippen molar-refractivity contribution < 1.29 is 18.1 Å². The van der Waals surface area contributed by atoms with Gasteiger partial charge in [0.1, 0.15) is 0 Å². The molecule has 0 aliphatic rings. The molecule has 0 fully saturated rings. The van der Waals surface area contributed by atoms with Gasteiger partial charge in [0.25, 0.3) is 5.69 Å². The number of hydrogen-bond donors (Lipinski definition) is 2. The predicted molar refractivity (Wildman–Crippen MR) is 108 cm³/mol. The molecule has 8 nitrogen and oxygen atoms in total. The summed E-state index contributed by atoms with van der Waals surface area (Å²) in [5.41, 5.74) is 2.38. The summed E-state index contributed by atoms with van der Waals surface area (Å²) in [5, 5.41) is 14.5. The number of nitrogens with zero attached hydrogens (tertiary/aromatic N) is 1. The van der Waals surface area contributed by atoms with E-state index in [1.54, 1.807) is 18.2 Å². The maximum absolute atomic E-state index is 12.0. The van der Waals surface area contributed by atoms with Crippen LogP contribution in [0.1, 0.15) is 23.1 Å². The van der Waals surface area contributed by atoms with Gasteiger partial charge in [0.05, 0.1) is 16.2 Å². The Morgan fingerprint density at radius 2 is 1.82 bits per heavy atom. The van der Waals surface area contributed by atoms with E-state index >= 15 is 0 Å². The van der Waals surface area contributed by atoms with Crippen LogP contribution in [-0.4, -0.2) is 25.8 Å². The van der Waals surface area contributed by atoms with Crippen LogP contribution in [-0.2, 0) is 14.8 Å². The molecule has 28 heavy (non-hydrogen) atoms. The Labute approximate surface area is 163 Å². The fraction of sp³-hybridized carbons (Fsp3) is 0.211. The minimum Gasteiger partial charge on any atom is -0.326 e. The molecule has 0 heterocycles. The quantitative estimate of drug-likeness (QED) is 0.518. The first-order valence-electron chi connectivity index (χ1n) is 8.46. The molecule has 0 aromatic heterocycles. The molecule has 2 aromatic rings. The van der Waals surface area contributed by atoms with Crippen LogP contribution in [0.2, 0.25) is 0 Å². The lowest BCUT2D eigenvalue weighted by molar-refractivity contribution is -0.385. The molecule has 1 amide bonds. The van der Waals surface area contributed by atoms with Crippen LogP contribution in [0.4, 0.5) is 11.4 Å². The highest BCUT2D eigenvalue weighted by Crippen LogP contribution is 2.25. The van der Waals surface area contributed by atoms with Crippen LogP contribution in [0.25, 0.3) is 6.08 Å². The Morgan fingerprint density at radius 1 is 1.14 bits per heavy atom. The lowest BCUT2D eigenvalue weighted by Crippen LogP contribution is -2.26. The summed E-state index contributed by atoms with van der Waals surface area (Å²) in [6.45, 7) is 3.37. The molecule has 0 bridgehead atoms. The van der Waals surface area contributed by atoms with Crippen molar-refractivity contribution in [2.24, 2.45) is 0 Å². The Balaban J connectivity index is 1.88. The zero-order valence-corrected chi connectivity index (χ0v) is 16.3. The van der Waals surface area contributed by atoms with Crippen molar-refractivity contribution >= 4 is 33.4 Å². The van der Waals surface area contributed by atoms with Crippen molar-refractivity contribution in [3.05, 3.63) is 74.7 Å². The van der Waals surface area contributed by atoms with Crippen molar-refractivity contribution in [3.8, 4) is 0 Å². The smallest absolute Gasteiger partial charge is 0.274 e. The summed E-state index contributed by atoms with van der Waals surface area (Å²) in [5.74, 6) is -0.450. The third kappa shape index (κ3) is 6.29. The number of sulfonamides is 1. The summed E-state index contributed by atoms with van der Waals surface area (Å²) in [6.07, 6.45) is 1.36. The molecule has 0 unspecified atom stereocenters. The number of benzene rings is 2. The summed E-state index contributed by atoms with van der Waals surface area (Å²) in [4.78, 5) is 22.4. The number of nitrogens with one attached hydrogen (secondary N) is 2. The molecule has 2 rings (SSSR count). The highest BCUT2D eigenvalue weighted by atomic mass is 32.2. The van der Waals surface area contributed by atoms with Crippen molar-refractivity contribution in [1.29, 1.82) is 0 Å². The van der Waals surface area contributed by atoms with Gasteiger partial charge in [-0.25, -0.2) is 13.1 Å². The average Bonchev–Trinajstić information content (AvgIpc) is 2.62. The molecule has 9 heteroatoms. The lowest BCUT2D eigenvalue weighted by Gasteiger charge is -2.08. The number of aryl methyl sites for hydroxylation is 1. The van der Waals surface area contributed by atoms with Gasteiger partial charge >= 0.3 is 0 Å². The van der Waals surface area contributed by atoms with Crippen molar-refractivity contribution in [2.75, 3.05) is 11.9 Å². The van der Waals surface area contributed by atoms with Crippen LogP contribution < -0.4 is 10.0 Å². The van der Waals surface area contributed by atoms with Gasteiger partial charge < -0.3 is 5.32 Å². The van der Waals surface area contributed by atoms with E-state index in [2.05, 4.69) is 10.0 Å². The highest BCUT2D eigenvalue weighted by molar-refractivity contribution is 7.92. The zero-order valence-electron chi connectivity index (χ0n) is 15.5. The Kier molecular flexibility index (Phi) is 7.02. The fourth-order valence-electron chi connectivity index (χ4n) is 2.37. The molecule has 0 aliphatic heterocycles. The first kappa shape index (κ1) is 21.3. The predicted octanol–water partition coefficient (Wildman–Crippen LogP) is 3.13. The van der Waals surface area contributed by atoms with Crippen LogP contribution in [0.5, 0.6) is 0 Å². The number of nitro groups is 1. The molecule has 0 radical (unpaired) electrons. The number of hydrogen-bond acceptors (Lipinski definition) is 5. The van der Waals surface area contributed by atoms with E-state index in [0.29, 0.717) is 11.3 Å². The minimum absolute atomic E-state index is 0.0968. The molecule has 2 aromatic carbocycles. The Morgan fingerprint density at radius 3 is 2.46 bits per heavy atom. The molecular weight excluding hydrogens is 382 g/mol. The van der Waals surface area contributed by atoms with E-state index in [0.717, 1.165) is 16.5 Å². The molecule has 2 N–H and O–H groups in total. The van der Waals surface area contributed by atoms with Crippen LogP contribution in [0.3, 0.4) is 0 Å². The molecule has 148 valence electrons. The zero-order chi connectivity index (χ0) is 20.7. The number of nitro benzene ring substituents is 1. The maximum atomic E-state index is 12.0. The summed E-state index contributed by atoms with van der Waals surface area (Å²) < 4.78 is 26.3. The molecular formula is C19H21N3O5S. The van der Waals surface area contributed by atoms with E-state index in [4.69, 9.17) is 0 Å². The first-order chi connectivity index (χ1) is 13.2. The second-order valence-electron chi connectivity index (χ2n) is 6.16. The highest BCUT2D eigenvalue weighted by Gasteiger charge is 2.15. The van der Waals surface area contributed by atoms with E-state index < -0.39 is 20.9 Å². The van der Waals surface area contributed by atoms with Crippen LogP contribution >= 0.6 is 0 Å². The van der Waals surface area contributed by atoms with Crippen LogP contribution in [0, 0.1) is 24.0 Å². The number of carbonyl (C=O) groups excluding carboxylic acids is 1. The van der Waals surface area contributed by atoms with Crippen molar-refractivity contribution in [3.63, 3.8) is 0 Å². The van der Waals surface area contributed by atoms with Gasteiger partial charge in [0, 0.05) is 24.4 Å². The van der Waals surface area contributed by atoms with Crippen molar-refractivity contribution in [2.45, 2.75) is 20.3 Å². The molecule has 0 saturated heterocycles. The van der Waals surface area contributed by atoms with Gasteiger partial charge in [-0.3, -0.25) is 14.9 Å². The Hall–Kier alpha value is -3.04. The number of carbonyl (C=O) groups is 1. The van der Waals surface area contributed by atoms with Gasteiger partial charge in [-0.2, -0.15) is 0 Å². The summed E-state index contributed by atoms with van der Waals surface area (Å²) in [7, 11) is -3.68. The fourth-order valence-corrected chi connectivity index (χ4v) is 3.19. The normalized spacial score (nSPS) is 11.5. The van der Waals surface area contributed by atoms with Gasteiger partial charge in [-0.15, -0.1) is 0 Å². The first-order valence-corrected chi connectivity index (χ1v) is 10.0. The molecule has 0 saturated carbocycles. The van der Waals surface area contributed by atoms with Gasteiger partial charge in [0.2, 0.25) is 15.9 Å². The standard InChI is InChI=1S/C19H21N3O5S/c1-14-6-8-16(9-7-14)11-13-28(26,27)20-12-10-19(23)21-17-4-3-5-18(15(17)2)22(24)25/h3-9,11,13,20H,10,12H2,1-2H3,(H,21,23)/b13-11+. The van der Waals surface area contributed by atoms with Crippen molar-refractivity contribution in [1.82, 2.24) is 4.72 Å². The number of anilines is 1.